The lowest BCUT2D eigenvalue weighted by molar-refractivity contribution is -0.139. The number of hydrogen-bond acceptors (Lipinski definition) is 4. The number of carboxylic acids is 1. The van der Waals surface area contributed by atoms with Crippen molar-refractivity contribution in [3.05, 3.63) is 0 Å². The van der Waals surface area contributed by atoms with E-state index in [-0.39, 0.29) is 19.6 Å². The van der Waals surface area contributed by atoms with Gasteiger partial charge in [-0.1, -0.05) is 13.8 Å². The lowest BCUT2D eigenvalue weighted by Crippen LogP contribution is -2.54. The zero-order chi connectivity index (χ0) is 13.8. The summed E-state index contributed by atoms with van der Waals surface area (Å²) in [6, 6.07) is -0.623. The van der Waals surface area contributed by atoms with Crippen LogP contribution in [-0.2, 0) is 19.7 Å². The second kappa shape index (κ2) is 6.46. The first-order valence-electron chi connectivity index (χ1n) is 5.99. The molecule has 0 radical (unpaired) electrons. The third kappa shape index (κ3) is 3.41. The molecular weight excluding hydrogens is 260 g/mol. The molecule has 0 aromatic carbocycles. The number of rotatable bonds is 6. The summed E-state index contributed by atoms with van der Waals surface area (Å²) in [4.78, 5) is 10.8. The minimum absolute atomic E-state index is 0.132. The normalized spacial score (nSPS) is 22.3. The van der Waals surface area contributed by atoms with E-state index in [0.717, 1.165) is 0 Å². The summed E-state index contributed by atoms with van der Waals surface area (Å²) in [6.45, 7) is 4.90. The molecule has 1 atom stereocenters. The van der Waals surface area contributed by atoms with E-state index in [2.05, 4.69) is 0 Å². The van der Waals surface area contributed by atoms with E-state index in [9.17, 15) is 13.2 Å². The first-order chi connectivity index (χ1) is 8.43. The topological polar surface area (TPSA) is 87.2 Å². The van der Waals surface area contributed by atoms with Crippen molar-refractivity contribution >= 4 is 16.2 Å². The van der Waals surface area contributed by atoms with E-state index in [1.165, 1.54) is 8.61 Å². The average molecular weight is 280 g/mol. The molecule has 1 unspecified atom stereocenters. The summed E-state index contributed by atoms with van der Waals surface area (Å²) in [5, 5.41) is 8.81. The van der Waals surface area contributed by atoms with Crippen molar-refractivity contribution in [1.29, 1.82) is 0 Å². The van der Waals surface area contributed by atoms with Gasteiger partial charge in [0, 0.05) is 19.6 Å². The Kier molecular flexibility index (Phi) is 5.51. The van der Waals surface area contributed by atoms with Gasteiger partial charge in [0.1, 0.15) is 0 Å². The van der Waals surface area contributed by atoms with Crippen LogP contribution in [0.1, 0.15) is 20.3 Å². The molecule has 0 amide bonds. The molecule has 1 fully saturated rings. The first-order valence-corrected chi connectivity index (χ1v) is 7.39. The van der Waals surface area contributed by atoms with Crippen LogP contribution in [0.4, 0.5) is 0 Å². The summed E-state index contributed by atoms with van der Waals surface area (Å²) in [5.41, 5.74) is 0. The van der Waals surface area contributed by atoms with E-state index in [4.69, 9.17) is 9.84 Å². The van der Waals surface area contributed by atoms with Crippen molar-refractivity contribution in [2.75, 3.05) is 32.8 Å². The smallest absolute Gasteiger partial charge is 0.305 e. The molecule has 0 saturated carbocycles. The minimum atomic E-state index is -3.60. The van der Waals surface area contributed by atoms with Crippen LogP contribution in [-0.4, -0.2) is 67.0 Å². The summed E-state index contributed by atoms with van der Waals surface area (Å²) >= 11 is 0. The minimum Gasteiger partial charge on any atom is -0.481 e. The number of aliphatic carboxylic acids is 1. The van der Waals surface area contributed by atoms with Crippen molar-refractivity contribution in [3.63, 3.8) is 0 Å². The number of hydrogen-bond donors (Lipinski definition) is 1. The van der Waals surface area contributed by atoms with Gasteiger partial charge in [-0.15, -0.1) is 0 Å². The first kappa shape index (κ1) is 15.4. The predicted molar refractivity (Wildman–Crippen MR) is 65.4 cm³/mol. The Morgan fingerprint density at radius 3 is 2.56 bits per heavy atom. The molecule has 7 nitrogen and oxygen atoms in total. The second-order valence-corrected chi connectivity index (χ2v) is 5.91. The molecule has 0 aromatic rings. The molecule has 0 aliphatic carbocycles. The van der Waals surface area contributed by atoms with E-state index in [1.54, 1.807) is 13.8 Å². The molecule has 1 N–H and O–H groups in total. The maximum atomic E-state index is 12.3. The maximum absolute atomic E-state index is 12.3. The SMILES string of the molecule is CCN(CC)S(=O)(=O)N1CCOCC1CC(=O)O. The molecule has 18 heavy (non-hydrogen) atoms. The molecule has 1 aliphatic heterocycles. The average Bonchev–Trinajstić information content (AvgIpc) is 2.30. The molecule has 106 valence electrons. The van der Waals surface area contributed by atoms with Crippen molar-refractivity contribution in [2.24, 2.45) is 0 Å². The molecule has 1 heterocycles. The molecular formula is C10H20N2O5S. The van der Waals surface area contributed by atoms with Crippen LogP contribution in [0.3, 0.4) is 0 Å². The Labute approximate surface area is 108 Å². The fraction of sp³-hybridized carbons (Fsp3) is 0.900. The van der Waals surface area contributed by atoms with Gasteiger partial charge < -0.3 is 9.84 Å². The van der Waals surface area contributed by atoms with Gasteiger partial charge in [0.15, 0.2) is 0 Å². The van der Waals surface area contributed by atoms with Gasteiger partial charge in [-0.3, -0.25) is 4.79 Å². The number of nitrogens with zero attached hydrogens (tertiary/aromatic N) is 2. The Morgan fingerprint density at radius 1 is 1.44 bits per heavy atom. The summed E-state index contributed by atoms with van der Waals surface area (Å²) < 4.78 is 32.4. The van der Waals surface area contributed by atoms with Crippen molar-refractivity contribution in [3.8, 4) is 0 Å². The van der Waals surface area contributed by atoms with Crippen LogP contribution in [0.25, 0.3) is 0 Å². The highest BCUT2D eigenvalue weighted by Crippen LogP contribution is 2.18. The Balaban J connectivity index is 2.91. The van der Waals surface area contributed by atoms with Crippen LogP contribution in [0.5, 0.6) is 0 Å². The highest BCUT2D eigenvalue weighted by Gasteiger charge is 2.36. The monoisotopic (exact) mass is 280 g/mol. The Hall–Kier alpha value is -0.700. The van der Waals surface area contributed by atoms with Crippen molar-refractivity contribution < 1.29 is 23.1 Å². The molecule has 1 aliphatic rings. The molecule has 0 spiro atoms. The van der Waals surface area contributed by atoms with Gasteiger partial charge in [0.25, 0.3) is 10.2 Å². The standard InChI is InChI=1S/C10H20N2O5S/c1-3-11(4-2)18(15,16)12-5-6-17-8-9(12)7-10(13)14/h9H,3-8H2,1-2H3,(H,13,14). The Morgan fingerprint density at radius 2 is 2.06 bits per heavy atom. The molecule has 0 bridgehead atoms. The van der Waals surface area contributed by atoms with Gasteiger partial charge >= 0.3 is 5.97 Å². The van der Waals surface area contributed by atoms with Gasteiger partial charge in [-0.05, 0) is 0 Å². The third-order valence-corrected chi connectivity index (χ3v) is 5.15. The van der Waals surface area contributed by atoms with E-state index in [0.29, 0.717) is 19.7 Å². The Bertz CT molecular complexity index is 380. The number of morpholine rings is 1. The molecule has 8 heteroatoms. The molecule has 0 aromatic heterocycles. The maximum Gasteiger partial charge on any atom is 0.305 e. The fourth-order valence-electron chi connectivity index (χ4n) is 2.00. The van der Waals surface area contributed by atoms with Crippen LogP contribution >= 0.6 is 0 Å². The zero-order valence-electron chi connectivity index (χ0n) is 10.7. The second-order valence-electron chi connectivity index (χ2n) is 4.03. The predicted octanol–water partition coefficient (Wildman–Crippen LogP) is -0.251. The number of carbonyl (C=O) groups is 1. The fourth-order valence-corrected chi connectivity index (χ4v) is 3.77. The highest BCUT2D eigenvalue weighted by molar-refractivity contribution is 7.86. The highest BCUT2D eigenvalue weighted by atomic mass is 32.2. The van der Waals surface area contributed by atoms with E-state index in [1.807, 2.05) is 0 Å². The van der Waals surface area contributed by atoms with E-state index < -0.39 is 22.2 Å². The lowest BCUT2D eigenvalue weighted by atomic mass is 10.2. The van der Waals surface area contributed by atoms with Gasteiger partial charge in [0.05, 0.1) is 25.7 Å². The van der Waals surface area contributed by atoms with Gasteiger partial charge in [0.2, 0.25) is 0 Å². The van der Waals surface area contributed by atoms with Crippen molar-refractivity contribution in [1.82, 2.24) is 8.61 Å². The largest absolute Gasteiger partial charge is 0.481 e. The summed E-state index contributed by atoms with van der Waals surface area (Å²) in [5.74, 6) is -1.02. The van der Waals surface area contributed by atoms with E-state index >= 15 is 0 Å². The number of ether oxygens (including phenoxy) is 1. The molecule has 1 saturated heterocycles. The van der Waals surface area contributed by atoms with Gasteiger partial charge in [-0.25, -0.2) is 0 Å². The van der Waals surface area contributed by atoms with Crippen LogP contribution < -0.4 is 0 Å². The summed E-state index contributed by atoms with van der Waals surface area (Å²) in [6.07, 6.45) is -0.236. The summed E-state index contributed by atoms with van der Waals surface area (Å²) in [7, 11) is -3.60. The van der Waals surface area contributed by atoms with Crippen LogP contribution in [0.2, 0.25) is 0 Å². The third-order valence-electron chi connectivity index (χ3n) is 2.91. The lowest BCUT2D eigenvalue weighted by Gasteiger charge is -2.36. The van der Waals surface area contributed by atoms with Crippen LogP contribution in [0.15, 0.2) is 0 Å². The van der Waals surface area contributed by atoms with Crippen LogP contribution in [0, 0.1) is 0 Å². The molecule has 1 rings (SSSR count). The van der Waals surface area contributed by atoms with Crippen molar-refractivity contribution in [2.45, 2.75) is 26.3 Å². The number of carboxylic acid groups (broad SMARTS) is 1. The zero-order valence-corrected chi connectivity index (χ0v) is 11.5. The quantitative estimate of drug-likeness (QED) is 0.725. The van der Waals surface area contributed by atoms with Gasteiger partial charge in [-0.2, -0.15) is 17.0 Å².